The number of rotatable bonds is 4. The molecule has 1 amide bonds. The topological polar surface area (TPSA) is 73.3 Å². The van der Waals surface area contributed by atoms with Crippen LogP contribution in [-0.2, 0) is 9.59 Å². The summed E-state index contributed by atoms with van der Waals surface area (Å²) in [4.78, 5) is 29.7. The molecule has 2 heterocycles. The van der Waals surface area contributed by atoms with E-state index in [2.05, 4.69) is 4.98 Å². The minimum atomic E-state index is -1.37. The van der Waals surface area contributed by atoms with Gasteiger partial charge >= 0.3 is 0 Å². The summed E-state index contributed by atoms with van der Waals surface area (Å²) in [6, 6.07) is 10.7. The maximum Gasteiger partial charge on any atom is 0.267 e. The molecule has 1 aliphatic rings. The Morgan fingerprint density at radius 3 is 2.62 bits per heavy atom. The number of amides is 1. The molecule has 0 spiro atoms. The number of carboxylic acid groups (broad SMARTS) is 1. The van der Waals surface area contributed by atoms with E-state index in [0.717, 1.165) is 22.2 Å². The Kier molecular flexibility index (Phi) is 4.73. The fourth-order valence-electron chi connectivity index (χ4n) is 2.34. The molecule has 1 atom stereocenters. The van der Waals surface area contributed by atoms with Crippen LogP contribution in [0.1, 0.15) is 17.2 Å². The Morgan fingerprint density at radius 1 is 1.25 bits per heavy atom. The van der Waals surface area contributed by atoms with Crippen molar-refractivity contribution >= 4 is 46.3 Å². The number of thioether (sulfide) groups is 1. The number of aliphatic carboxylic acids is 1. The number of aromatic nitrogens is 1. The van der Waals surface area contributed by atoms with Gasteiger partial charge in [-0.15, -0.1) is 0 Å². The molecule has 5 nitrogen and oxygen atoms in total. The van der Waals surface area contributed by atoms with Crippen molar-refractivity contribution < 1.29 is 14.7 Å². The Morgan fingerprint density at radius 2 is 2.00 bits per heavy atom. The van der Waals surface area contributed by atoms with Gasteiger partial charge in [-0.1, -0.05) is 60.4 Å². The largest absolute Gasteiger partial charge is 0.547 e. The van der Waals surface area contributed by atoms with Gasteiger partial charge in [-0.05, 0) is 23.3 Å². The first-order valence-corrected chi connectivity index (χ1v) is 8.23. The summed E-state index contributed by atoms with van der Waals surface area (Å²) < 4.78 is 0.188. The summed E-state index contributed by atoms with van der Waals surface area (Å²) in [5, 5.41) is 11.6. The average molecular weight is 355 g/mol. The summed E-state index contributed by atoms with van der Waals surface area (Å²) in [7, 11) is 0. The van der Waals surface area contributed by atoms with E-state index in [1.165, 1.54) is 0 Å². The summed E-state index contributed by atoms with van der Waals surface area (Å²) in [6.07, 6.45) is 4.88. The fraction of sp³-hybridized carbons (Fsp3) is 0.0588. The molecule has 2 aromatic rings. The summed E-state index contributed by atoms with van der Waals surface area (Å²) in [6.45, 7) is 0. The average Bonchev–Trinajstić information content (AvgIpc) is 2.85. The van der Waals surface area contributed by atoms with Gasteiger partial charge in [0.15, 0.2) is 0 Å². The van der Waals surface area contributed by atoms with Crippen LogP contribution >= 0.6 is 24.0 Å². The van der Waals surface area contributed by atoms with E-state index in [0.29, 0.717) is 10.5 Å². The van der Waals surface area contributed by atoms with Crippen molar-refractivity contribution in [1.29, 1.82) is 0 Å². The predicted molar refractivity (Wildman–Crippen MR) is 93.4 cm³/mol. The highest BCUT2D eigenvalue weighted by Crippen LogP contribution is 2.37. The third-order valence-electron chi connectivity index (χ3n) is 3.40. The molecule has 1 aromatic carbocycles. The number of thiocarbonyl (C=S) groups is 1. The quantitative estimate of drug-likeness (QED) is 0.615. The molecule has 7 heteroatoms. The van der Waals surface area contributed by atoms with Crippen LogP contribution in [0, 0.1) is 0 Å². The molecular formula is C17H11N2O3S2-. The zero-order chi connectivity index (χ0) is 17.1. The molecule has 24 heavy (non-hydrogen) atoms. The van der Waals surface area contributed by atoms with Crippen LogP contribution in [0.2, 0.25) is 0 Å². The third-order valence-corrected chi connectivity index (χ3v) is 4.73. The highest BCUT2D eigenvalue weighted by atomic mass is 32.2. The number of carbonyl (C=O) groups is 2. The Labute approximate surface area is 148 Å². The number of hydrogen-bond donors (Lipinski definition) is 0. The monoisotopic (exact) mass is 355 g/mol. The van der Waals surface area contributed by atoms with Crippen LogP contribution in [0.15, 0.2) is 59.8 Å². The summed E-state index contributed by atoms with van der Waals surface area (Å²) in [5.74, 6) is -1.83. The van der Waals surface area contributed by atoms with E-state index in [1.807, 2.05) is 0 Å². The smallest absolute Gasteiger partial charge is 0.267 e. The molecule has 120 valence electrons. The fourth-order valence-corrected chi connectivity index (χ4v) is 3.65. The Balaban J connectivity index is 1.96. The second-order valence-corrected chi connectivity index (χ2v) is 6.65. The molecule has 0 saturated carbocycles. The molecule has 0 unspecified atom stereocenters. The molecule has 0 bridgehead atoms. The van der Waals surface area contributed by atoms with Gasteiger partial charge in [0.1, 0.15) is 10.4 Å². The van der Waals surface area contributed by atoms with Crippen molar-refractivity contribution in [2.75, 3.05) is 0 Å². The van der Waals surface area contributed by atoms with E-state index in [1.54, 1.807) is 60.9 Å². The lowest BCUT2D eigenvalue weighted by Crippen LogP contribution is -2.43. The van der Waals surface area contributed by atoms with E-state index in [9.17, 15) is 14.7 Å². The van der Waals surface area contributed by atoms with E-state index in [4.69, 9.17) is 12.2 Å². The normalized spacial score (nSPS) is 17.3. The van der Waals surface area contributed by atoms with Crippen LogP contribution in [-0.4, -0.2) is 26.1 Å². The Hall–Kier alpha value is -2.51. The number of carboxylic acids is 1. The van der Waals surface area contributed by atoms with E-state index < -0.39 is 17.9 Å². The lowest BCUT2D eigenvalue weighted by molar-refractivity contribution is -0.310. The van der Waals surface area contributed by atoms with E-state index in [-0.39, 0.29) is 4.32 Å². The first-order chi connectivity index (χ1) is 11.6. The number of hydrogen-bond acceptors (Lipinski definition) is 6. The SMILES string of the molecule is O=C([O-])[C@@H](c1ccccc1)N1C(=O)/C(=C/c2cccnc2)SC1=S. The van der Waals surface area contributed by atoms with Gasteiger partial charge in [0.25, 0.3) is 5.91 Å². The van der Waals surface area contributed by atoms with Crippen molar-refractivity contribution in [2.24, 2.45) is 0 Å². The van der Waals surface area contributed by atoms with Crippen molar-refractivity contribution in [3.63, 3.8) is 0 Å². The molecule has 0 aliphatic carbocycles. The molecule has 1 saturated heterocycles. The zero-order valence-corrected chi connectivity index (χ0v) is 13.9. The minimum absolute atomic E-state index is 0.188. The van der Waals surface area contributed by atoms with Crippen LogP contribution in [0.3, 0.4) is 0 Å². The second-order valence-electron chi connectivity index (χ2n) is 4.97. The van der Waals surface area contributed by atoms with Gasteiger partial charge in [0.05, 0.1) is 10.9 Å². The van der Waals surface area contributed by atoms with Crippen LogP contribution < -0.4 is 5.11 Å². The molecular weight excluding hydrogens is 344 g/mol. The van der Waals surface area contributed by atoms with Crippen molar-refractivity contribution in [3.8, 4) is 0 Å². The highest BCUT2D eigenvalue weighted by Gasteiger charge is 2.38. The first-order valence-electron chi connectivity index (χ1n) is 7.01. The third kappa shape index (κ3) is 3.22. The second kappa shape index (κ2) is 6.94. The van der Waals surface area contributed by atoms with Crippen molar-refractivity contribution in [2.45, 2.75) is 6.04 Å². The zero-order valence-electron chi connectivity index (χ0n) is 12.3. The number of carbonyl (C=O) groups excluding carboxylic acids is 2. The number of pyridine rings is 1. The highest BCUT2D eigenvalue weighted by molar-refractivity contribution is 8.26. The predicted octanol–water partition coefficient (Wildman–Crippen LogP) is 1.77. The maximum absolute atomic E-state index is 12.7. The molecule has 0 N–H and O–H groups in total. The molecule has 0 radical (unpaired) electrons. The van der Waals surface area contributed by atoms with Crippen molar-refractivity contribution in [1.82, 2.24) is 9.88 Å². The minimum Gasteiger partial charge on any atom is -0.547 e. The van der Waals surface area contributed by atoms with Crippen LogP contribution in [0.4, 0.5) is 0 Å². The lowest BCUT2D eigenvalue weighted by atomic mass is 10.1. The van der Waals surface area contributed by atoms with Crippen LogP contribution in [0.5, 0.6) is 0 Å². The van der Waals surface area contributed by atoms with Gasteiger partial charge in [0.2, 0.25) is 0 Å². The molecule has 1 fully saturated rings. The van der Waals surface area contributed by atoms with Gasteiger partial charge in [-0.3, -0.25) is 14.7 Å². The molecule has 1 aromatic heterocycles. The summed E-state index contributed by atoms with van der Waals surface area (Å²) in [5.41, 5.74) is 1.18. The summed E-state index contributed by atoms with van der Waals surface area (Å²) >= 11 is 6.29. The lowest BCUT2D eigenvalue weighted by Gasteiger charge is -2.27. The van der Waals surface area contributed by atoms with Crippen LogP contribution in [0.25, 0.3) is 6.08 Å². The van der Waals surface area contributed by atoms with Gasteiger partial charge in [0, 0.05) is 12.4 Å². The molecule has 1 aliphatic heterocycles. The van der Waals surface area contributed by atoms with Gasteiger partial charge in [-0.25, -0.2) is 0 Å². The van der Waals surface area contributed by atoms with E-state index >= 15 is 0 Å². The number of benzene rings is 1. The van der Waals surface area contributed by atoms with Crippen molar-refractivity contribution in [3.05, 3.63) is 70.9 Å². The molecule has 3 rings (SSSR count). The van der Waals surface area contributed by atoms with Gasteiger partial charge < -0.3 is 9.90 Å². The standard InChI is InChI=1S/C17H12N2O3S2/c20-15-13(9-11-5-4-8-18-10-11)24-17(23)19(15)14(16(21)22)12-6-2-1-3-7-12/h1-10,14H,(H,21,22)/p-1/b13-9-/t14-/m1/s1. The van der Waals surface area contributed by atoms with Gasteiger partial charge in [-0.2, -0.15) is 0 Å². The number of nitrogens with zero attached hydrogens (tertiary/aromatic N) is 2. The maximum atomic E-state index is 12.7. The Bertz CT molecular complexity index is 822. The first kappa shape index (κ1) is 16.4.